The fourth-order valence-corrected chi connectivity index (χ4v) is 8.28. The Kier molecular flexibility index (Phi) is 17.5. The van der Waals surface area contributed by atoms with Gasteiger partial charge in [-0.15, -0.1) is 0 Å². The summed E-state index contributed by atoms with van der Waals surface area (Å²) in [4.78, 5) is 135. The van der Waals surface area contributed by atoms with Crippen molar-refractivity contribution in [3.63, 3.8) is 0 Å². The first-order valence-electron chi connectivity index (χ1n) is 22.7. The summed E-state index contributed by atoms with van der Waals surface area (Å²) < 4.78 is 58.9. The van der Waals surface area contributed by atoms with Crippen LogP contribution in [0.15, 0.2) is 23.3 Å². The van der Waals surface area contributed by atoms with Crippen LogP contribution >= 0.6 is 0 Å². The summed E-state index contributed by atoms with van der Waals surface area (Å²) in [5, 5.41) is 29.1. The number of amides is 8. The third kappa shape index (κ3) is 14.3. The highest BCUT2D eigenvalue weighted by Crippen LogP contribution is 2.34. The van der Waals surface area contributed by atoms with Crippen LogP contribution < -0.4 is 0 Å². The van der Waals surface area contributed by atoms with E-state index < -0.39 is 101 Å². The third-order valence-corrected chi connectivity index (χ3v) is 12.3. The van der Waals surface area contributed by atoms with Crippen molar-refractivity contribution in [2.24, 2.45) is 0 Å². The molecule has 0 aliphatic carbocycles. The van der Waals surface area contributed by atoms with E-state index in [2.05, 4.69) is 14.5 Å². The highest BCUT2D eigenvalue weighted by molar-refractivity contribution is 6.03. The lowest BCUT2D eigenvalue weighted by molar-refractivity contribution is -0.198. The number of rotatable bonds is 10. The maximum absolute atomic E-state index is 13.6. The molecule has 2 atom stereocenters. The van der Waals surface area contributed by atoms with Gasteiger partial charge in [-0.1, -0.05) is 15.2 Å². The van der Waals surface area contributed by atoms with Crippen LogP contribution in [-0.2, 0) is 57.6 Å². The fourth-order valence-electron chi connectivity index (χ4n) is 8.28. The van der Waals surface area contributed by atoms with Gasteiger partial charge in [-0.3, -0.25) is 62.7 Å². The van der Waals surface area contributed by atoms with Crippen molar-refractivity contribution in [3.8, 4) is 12.1 Å². The summed E-state index contributed by atoms with van der Waals surface area (Å²) in [5.74, 6) is -10.6. The summed E-state index contributed by atoms with van der Waals surface area (Å²) in [7, 11) is 0. The highest BCUT2D eigenvalue weighted by Gasteiger charge is 2.46. The number of alkyl halides is 4. The number of hydrogen-bond donors (Lipinski definition) is 1. The predicted octanol–water partition coefficient (Wildman–Crippen LogP) is 1.79. The van der Waals surface area contributed by atoms with Gasteiger partial charge in [-0.25, -0.2) is 22.4 Å². The van der Waals surface area contributed by atoms with Crippen molar-refractivity contribution in [2.75, 3.05) is 52.4 Å². The average Bonchev–Trinajstić information content (AvgIpc) is 4.21. The largest absolute Gasteiger partial charge is 0.560 e. The molecule has 28 heteroatoms. The first kappa shape index (κ1) is 55.9. The first-order chi connectivity index (χ1) is 33.5. The SMILES string of the molecule is CC(C)(C=C(C#N)C(=O)N1CC[C@H](O)C1)N1CCC(F)(F)C1.CC(C)(C=C(C#N)C(=O)N1CC[C@H](OC(=O)ON2C(=O)CCC2=O)C1)N1CCC(F)(F)C1.O=C(ON1C(=O)CCC1=O)ON1C(=O)CCC1=O. The Labute approximate surface area is 409 Å². The van der Waals surface area contributed by atoms with Crippen LogP contribution in [0.4, 0.5) is 27.2 Å². The van der Waals surface area contributed by atoms with Crippen LogP contribution in [0.5, 0.6) is 0 Å². The van der Waals surface area contributed by atoms with Crippen molar-refractivity contribution in [1.82, 2.24) is 34.8 Å². The minimum absolute atomic E-state index is 0.0168. The van der Waals surface area contributed by atoms with E-state index in [1.54, 1.807) is 32.6 Å². The lowest BCUT2D eigenvalue weighted by Crippen LogP contribution is -2.43. The Morgan fingerprint density at radius 3 is 1.25 bits per heavy atom. The smallest absolute Gasteiger partial charge is 0.427 e. The molecule has 7 rings (SSSR count). The molecule has 1 N–H and O–H groups in total. The van der Waals surface area contributed by atoms with Crippen molar-refractivity contribution < 1.29 is 89.9 Å². The van der Waals surface area contributed by atoms with Crippen molar-refractivity contribution in [2.45, 2.75) is 127 Å². The standard InChI is InChI=1S/C20H24F2N4O6.C15H21F2N3O2.C9H8N2O7/c1-19(2,25-8-6-20(21,22)12-25)9-13(10-23)17(29)24-7-5-14(11-24)31-18(30)32-26-15(27)3-4-16(26)28;1-14(2,20-6-4-15(16,17)10-20)7-11(8-18)13(22)19-5-3-12(21)9-19;12-5-1-2-6(13)10(5)17-9(16)18-11-7(14)3-4-8(11)15/h9,14H,3-8,11-12H2,1-2H3;7,12,21H,3-6,9-10H2,1-2H3;1-4H2/t14-;12-;/m00./s1. The molecule has 7 fully saturated rings. The molecule has 7 aliphatic heterocycles. The van der Waals surface area contributed by atoms with E-state index in [4.69, 9.17) is 4.74 Å². The van der Waals surface area contributed by atoms with E-state index in [9.17, 15) is 81.1 Å². The normalized spacial score (nSPS) is 23.7. The van der Waals surface area contributed by atoms with Gasteiger partial charge in [-0.2, -0.15) is 15.3 Å². The monoisotopic (exact) mass is 1020 g/mol. The number of aliphatic hydroxyl groups excluding tert-OH is 1. The quantitative estimate of drug-likeness (QED) is 0.107. The predicted molar refractivity (Wildman–Crippen MR) is 228 cm³/mol. The Morgan fingerprint density at radius 1 is 0.583 bits per heavy atom. The van der Waals surface area contributed by atoms with Gasteiger partial charge in [0.15, 0.2) is 0 Å². The van der Waals surface area contributed by atoms with Crippen molar-refractivity contribution in [1.29, 1.82) is 10.5 Å². The molecular weight excluding hydrogens is 971 g/mol. The number of hydrogen-bond acceptors (Lipinski definition) is 19. The number of nitrogens with zero attached hydrogens (tertiary/aromatic N) is 9. The molecule has 0 aromatic carbocycles. The van der Waals surface area contributed by atoms with Crippen molar-refractivity contribution in [3.05, 3.63) is 23.3 Å². The molecular formula is C44H53F4N9O15. The molecule has 24 nitrogen and oxygen atoms in total. The van der Waals surface area contributed by atoms with E-state index in [-0.39, 0.29) is 118 Å². The van der Waals surface area contributed by atoms with Crippen molar-refractivity contribution >= 4 is 59.6 Å². The van der Waals surface area contributed by atoms with Gasteiger partial charge >= 0.3 is 12.3 Å². The molecule has 392 valence electrons. The Morgan fingerprint density at radius 2 is 0.931 bits per heavy atom. The maximum Gasteiger partial charge on any atom is 0.560 e. The van der Waals surface area contributed by atoms with Crippen LogP contribution in [0, 0.1) is 22.7 Å². The van der Waals surface area contributed by atoms with E-state index in [1.165, 1.54) is 26.9 Å². The van der Waals surface area contributed by atoms with E-state index >= 15 is 0 Å². The molecule has 7 saturated heterocycles. The Balaban J connectivity index is 0.000000211. The molecule has 0 spiro atoms. The van der Waals surface area contributed by atoms with E-state index in [1.807, 2.05) is 12.1 Å². The number of β-amino-alcohol motifs (C(OH)–C–C–N with tert-alkyl or cyclic N) is 1. The van der Waals surface area contributed by atoms with Gasteiger partial charge in [0.05, 0.1) is 25.7 Å². The highest BCUT2D eigenvalue weighted by atomic mass is 19.3. The summed E-state index contributed by atoms with van der Waals surface area (Å²) >= 11 is 0. The number of imide groups is 3. The summed E-state index contributed by atoms with van der Waals surface area (Å²) in [5.41, 5.74) is -2.00. The molecule has 0 unspecified atom stereocenters. The third-order valence-electron chi connectivity index (χ3n) is 12.3. The number of carbonyl (C=O) groups is 10. The zero-order valence-electron chi connectivity index (χ0n) is 39.7. The first-order valence-corrected chi connectivity index (χ1v) is 22.7. The minimum Gasteiger partial charge on any atom is -0.427 e. The summed E-state index contributed by atoms with van der Waals surface area (Å²) in [6.45, 7) is 7.10. The number of aliphatic hydroxyl groups is 1. The van der Waals surface area contributed by atoms with Gasteiger partial charge < -0.3 is 19.6 Å². The Hall–Kier alpha value is -7.04. The van der Waals surface area contributed by atoms with Gasteiger partial charge in [0.1, 0.15) is 29.4 Å². The molecule has 7 heterocycles. The van der Waals surface area contributed by atoms with Gasteiger partial charge in [-0.05, 0) is 46.3 Å². The lowest BCUT2D eigenvalue weighted by Gasteiger charge is -2.33. The van der Waals surface area contributed by atoms with Gasteiger partial charge in [0.25, 0.3) is 59.1 Å². The zero-order chi connectivity index (χ0) is 53.5. The minimum atomic E-state index is -2.81. The van der Waals surface area contributed by atoms with Crippen LogP contribution in [0.1, 0.15) is 91.9 Å². The number of likely N-dealkylation sites (tertiary alicyclic amines) is 4. The molecule has 0 radical (unpaired) electrons. The summed E-state index contributed by atoms with van der Waals surface area (Å²) in [6.07, 6.45) is -1.27. The number of halogens is 4. The molecule has 8 amide bonds. The van der Waals surface area contributed by atoms with E-state index in [0.29, 0.717) is 18.0 Å². The topological polar surface area (TPSA) is 298 Å². The number of nitriles is 2. The molecule has 0 saturated carbocycles. The summed E-state index contributed by atoms with van der Waals surface area (Å²) in [6, 6.07) is 3.70. The second-order valence-corrected chi connectivity index (χ2v) is 18.7. The van der Waals surface area contributed by atoms with Gasteiger partial charge in [0.2, 0.25) is 0 Å². The number of hydroxylamine groups is 6. The lowest BCUT2D eigenvalue weighted by atomic mass is 9.99. The van der Waals surface area contributed by atoms with Crippen LogP contribution in [0.25, 0.3) is 0 Å². The molecule has 0 bridgehead atoms. The Bertz CT molecular complexity index is 2290. The second kappa shape index (κ2) is 22.6. The average molecular weight is 1020 g/mol. The zero-order valence-corrected chi connectivity index (χ0v) is 39.7. The van der Waals surface area contributed by atoms with Crippen LogP contribution in [-0.4, -0.2) is 187 Å². The van der Waals surface area contributed by atoms with E-state index in [0.717, 1.165) is 0 Å². The number of ether oxygens (including phenoxy) is 1. The maximum atomic E-state index is 13.6. The molecule has 7 aliphatic rings. The van der Waals surface area contributed by atoms with Crippen LogP contribution in [0.3, 0.4) is 0 Å². The molecule has 72 heavy (non-hydrogen) atoms. The number of carbonyl (C=O) groups excluding carboxylic acids is 10. The molecule has 0 aromatic heterocycles. The van der Waals surface area contributed by atoms with Gasteiger partial charge in [0, 0.05) is 102 Å². The molecule has 0 aromatic rings. The second-order valence-electron chi connectivity index (χ2n) is 18.7. The fraction of sp³-hybridized carbons (Fsp3) is 0.636. The van der Waals surface area contributed by atoms with Crippen LogP contribution in [0.2, 0.25) is 0 Å².